The molecule has 5 heteroatoms. The summed E-state index contributed by atoms with van der Waals surface area (Å²) in [6.07, 6.45) is 4.13. The monoisotopic (exact) mass is 314 g/mol. The molecule has 0 saturated carbocycles. The van der Waals surface area contributed by atoms with Crippen LogP contribution in [-0.2, 0) is 9.05 Å². The Morgan fingerprint density at radius 3 is 1.69 bits per heavy atom. The van der Waals surface area contributed by atoms with Gasteiger partial charge in [-0.2, -0.15) is 0 Å². The summed E-state index contributed by atoms with van der Waals surface area (Å²) in [5, 5.41) is 0. The van der Waals surface area contributed by atoms with Gasteiger partial charge < -0.3 is 13.9 Å². The normalized spacial score (nSPS) is 10.2. The molecule has 0 aliphatic carbocycles. The van der Waals surface area contributed by atoms with Crippen LogP contribution in [0.4, 0.5) is 0 Å². The molecule has 0 spiro atoms. The third-order valence-electron chi connectivity index (χ3n) is 1.40. The van der Waals surface area contributed by atoms with Crippen molar-refractivity contribution in [3.8, 4) is 0 Å². The van der Waals surface area contributed by atoms with E-state index in [1.165, 1.54) is 0 Å². The van der Waals surface area contributed by atoms with Crippen LogP contribution in [0.15, 0.2) is 0 Å². The van der Waals surface area contributed by atoms with E-state index in [4.69, 9.17) is 13.9 Å². The summed E-state index contributed by atoms with van der Waals surface area (Å²) < 4.78 is 10.1. The zero-order chi connectivity index (χ0) is 9.23. The number of rotatable bonds is 8. The Kier molecular flexibility index (Phi) is 16.7. The first-order valence-corrected chi connectivity index (χ1v) is 5.69. The fourth-order valence-electron chi connectivity index (χ4n) is 0.611. The Bertz CT molecular complexity index is 85.5. The molecule has 0 aromatic heterocycles. The van der Waals surface area contributed by atoms with Gasteiger partial charge in [-0.25, -0.2) is 0 Å². The van der Waals surface area contributed by atoms with Gasteiger partial charge in [-0.3, -0.25) is 0 Å². The minimum absolute atomic E-state index is 0. The van der Waals surface area contributed by atoms with E-state index in [2.05, 4.69) is 13.8 Å². The molecule has 13 heavy (non-hydrogen) atoms. The van der Waals surface area contributed by atoms with Crippen molar-refractivity contribution < 1.29 is 13.9 Å². The molecule has 0 aliphatic rings. The molecule has 1 N–H and O–H groups in total. The molecule has 4 radical (unpaired) electrons. The summed E-state index contributed by atoms with van der Waals surface area (Å²) in [5.74, 6) is 0. The Hall–Kier alpha value is 1.11. The molecular formula is C8H19O3PSn. The maximum atomic E-state index is 9.12. The van der Waals surface area contributed by atoms with Crippen LogP contribution in [0.3, 0.4) is 0 Å². The summed E-state index contributed by atoms with van der Waals surface area (Å²) in [7, 11) is -1.60. The van der Waals surface area contributed by atoms with Crippen LogP contribution in [0.1, 0.15) is 39.5 Å². The number of hydrogen-bond donors (Lipinski definition) is 1. The van der Waals surface area contributed by atoms with Crippen LogP contribution in [0.2, 0.25) is 0 Å². The molecule has 78 valence electrons. The second kappa shape index (κ2) is 13.1. The van der Waals surface area contributed by atoms with Gasteiger partial charge in [-0.05, 0) is 12.8 Å². The van der Waals surface area contributed by atoms with Gasteiger partial charge in [0.05, 0.1) is 13.2 Å². The fraction of sp³-hybridized carbons (Fsp3) is 1.00. The van der Waals surface area contributed by atoms with E-state index >= 15 is 0 Å². The van der Waals surface area contributed by atoms with Crippen molar-refractivity contribution in [1.82, 2.24) is 0 Å². The van der Waals surface area contributed by atoms with Crippen LogP contribution in [0, 0.1) is 0 Å². The van der Waals surface area contributed by atoms with Gasteiger partial charge >= 0.3 is 8.60 Å². The zero-order valence-electron chi connectivity index (χ0n) is 8.45. The van der Waals surface area contributed by atoms with E-state index in [9.17, 15) is 0 Å². The van der Waals surface area contributed by atoms with Gasteiger partial charge in [0.25, 0.3) is 0 Å². The molecule has 0 aromatic rings. The van der Waals surface area contributed by atoms with E-state index in [1.54, 1.807) is 0 Å². The average Bonchev–Trinajstić information content (AvgIpc) is 2.06. The third kappa shape index (κ3) is 13.1. The largest absolute Gasteiger partial charge is 0.329 e. The Morgan fingerprint density at radius 2 is 1.38 bits per heavy atom. The van der Waals surface area contributed by atoms with Gasteiger partial charge in [0.15, 0.2) is 0 Å². The predicted octanol–water partition coefficient (Wildman–Crippen LogP) is 2.46. The Labute approximate surface area is 99.2 Å². The first kappa shape index (κ1) is 16.5. The van der Waals surface area contributed by atoms with Gasteiger partial charge in [0.1, 0.15) is 0 Å². The minimum Gasteiger partial charge on any atom is -0.328 e. The van der Waals surface area contributed by atoms with E-state index in [-0.39, 0.29) is 23.9 Å². The second-order valence-corrected chi connectivity index (χ2v) is 3.60. The summed E-state index contributed by atoms with van der Waals surface area (Å²) in [6, 6.07) is 0. The van der Waals surface area contributed by atoms with Crippen LogP contribution in [-0.4, -0.2) is 42.0 Å². The Balaban J connectivity index is 0. The minimum atomic E-state index is -1.60. The van der Waals surface area contributed by atoms with Crippen LogP contribution >= 0.6 is 8.60 Å². The third-order valence-corrected chi connectivity index (χ3v) is 2.21. The second-order valence-electron chi connectivity index (χ2n) is 2.61. The van der Waals surface area contributed by atoms with Crippen molar-refractivity contribution in [3.05, 3.63) is 0 Å². The van der Waals surface area contributed by atoms with Crippen molar-refractivity contribution >= 4 is 32.5 Å². The van der Waals surface area contributed by atoms with E-state index in [0.29, 0.717) is 13.2 Å². The summed E-state index contributed by atoms with van der Waals surface area (Å²) >= 11 is 0. The first-order valence-electron chi connectivity index (χ1n) is 4.56. The SMILES string of the molecule is CCCCOP(O)OCCCC.[Sn]. The van der Waals surface area contributed by atoms with Crippen LogP contribution in [0.25, 0.3) is 0 Å². The molecule has 0 rings (SSSR count). The molecule has 0 atom stereocenters. The van der Waals surface area contributed by atoms with E-state index in [0.717, 1.165) is 25.7 Å². The van der Waals surface area contributed by atoms with Crippen LogP contribution < -0.4 is 0 Å². The van der Waals surface area contributed by atoms with E-state index in [1.807, 2.05) is 0 Å². The molecule has 0 aliphatic heterocycles. The average molecular weight is 313 g/mol. The van der Waals surface area contributed by atoms with Crippen LogP contribution in [0.5, 0.6) is 0 Å². The quantitative estimate of drug-likeness (QED) is 0.425. The fourth-order valence-corrected chi connectivity index (χ4v) is 1.26. The van der Waals surface area contributed by atoms with Gasteiger partial charge in [0.2, 0.25) is 0 Å². The van der Waals surface area contributed by atoms with Gasteiger partial charge in [-0.1, -0.05) is 26.7 Å². The number of unbranched alkanes of at least 4 members (excludes halogenated alkanes) is 2. The summed E-state index contributed by atoms with van der Waals surface area (Å²) in [6.45, 7) is 5.37. The molecular weight excluding hydrogens is 294 g/mol. The molecule has 0 saturated heterocycles. The smallest absolute Gasteiger partial charge is 0.328 e. The van der Waals surface area contributed by atoms with Crippen molar-refractivity contribution in [2.24, 2.45) is 0 Å². The van der Waals surface area contributed by atoms with Crippen molar-refractivity contribution in [3.63, 3.8) is 0 Å². The molecule has 0 fully saturated rings. The summed E-state index contributed by atoms with van der Waals surface area (Å²) in [5.41, 5.74) is 0. The standard InChI is InChI=1S/C8H19O3P.Sn/c1-3-5-7-10-12(9)11-8-6-4-2;/h9H,3-8H2,1-2H3;. The predicted molar refractivity (Wildman–Crippen MR) is 56.6 cm³/mol. The molecule has 0 heterocycles. The molecule has 0 unspecified atom stereocenters. The summed E-state index contributed by atoms with van der Waals surface area (Å²) in [4.78, 5) is 9.12. The molecule has 0 bridgehead atoms. The zero-order valence-corrected chi connectivity index (χ0v) is 12.2. The Morgan fingerprint density at radius 1 is 1.00 bits per heavy atom. The van der Waals surface area contributed by atoms with Crippen molar-refractivity contribution in [2.45, 2.75) is 39.5 Å². The molecule has 0 amide bonds. The van der Waals surface area contributed by atoms with Gasteiger partial charge in [-0.15, -0.1) is 0 Å². The maximum Gasteiger partial charge on any atom is 0.329 e. The number of hydrogen-bond acceptors (Lipinski definition) is 3. The molecule has 0 aromatic carbocycles. The topological polar surface area (TPSA) is 38.7 Å². The molecule has 3 nitrogen and oxygen atoms in total. The first-order chi connectivity index (χ1) is 5.81. The van der Waals surface area contributed by atoms with Gasteiger partial charge in [0, 0.05) is 23.9 Å². The van der Waals surface area contributed by atoms with E-state index < -0.39 is 8.60 Å². The van der Waals surface area contributed by atoms with Crippen molar-refractivity contribution in [2.75, 3.05) is 13.2 Å². The maximum absolute atomic E-state index is 9.12. The van der Waals surface area contributed by atoms with Crippen molar-refractivity contribution in [1.29, 1.82) is 0 Å².